The van der Waals surface area contributed by atoms with Gasteiger partial charge in [0, 0.05) is 12.6 Å². The molecule has 0 bridgehead atoms. The van der Waals surface area contributed by atoms with Gasteiger partial charge in [-0.1, -0.05) is 6.07 Å². The summed E-state index contributed by atoms with van der Waals surface area (Å²) in [7, 11) is 0. The summed E-state index contributed by atoms with van der Waals surface area (Å²) in [5.74, 6) is 0.482. The molecule has 0 amide bonds. The fraction of sp³-hybridized carbons (Fsp3) is 0.0909. The first kappa shape index (κ1) is 10.4. The van der Waals surface area contributed by atoms with Crippen LogP contribution in [0.15, 0.2) is 41.0 Å². The maximum Gasteiger partial charge on any atom is 0.280 e. The van der Waals surface area contributed by atoms with Crippen LogP contribution in [0.1, 0.15) is 5.56 Å². The van der Waals surface area contributed by atoms with Crippen LogP contribution in [0.5, 0.6) is 0 Å². The van der Waals surface area contributed by atoms with E-state index in [0.717, 1.165) is 5.56 Å². The van der Waals surface area contributed by atoms with E-state index in [0.29, 0.717) is 11.3 Å². The lowest BCUT2D eigenvalue weighted by atomic mass is 10.1. The molecule has 0 fully saturated rings. The third kappa shape index (κ3) is 1.80. The molecule has 2 aromatic rings. The normalized spacial score (nSPS) is 10.3. The Balaban J connectivity index is 2.57. The minimum atomic E-state index is -0.434. The average molecular weight is 218 g/mol. The quantitative estimate of drug-likeness (QED) is 0.633. The van der Waals surface area contributed by atoms with E-state index in [4.69, 9.17) is 10.2 Å². The van der Waals surface area contributed by atoms with E-state index in [9.17, 15) is 10.1 Å². The van der Waals surface area contributed by atoms with Crippen LogP contribution in [0.25, 0.3) is 11.3 Å². The highest BCUT2D eigenvalue weighted by atomic mass is 16.6. The van der Waals surface area contributed by atoms with Gasteiger partial charge in [0.05, 0.1) is 16.7 Å². The van der Waals surface area contributed by atoms with Crippen molar-refractivity contribution in [3.63, 3.8) is 0 Å². The van der Waals surface area contributed by atoms with E-state index < -0.39 is 4.92 Å². The van der Waals surface area contributed by atoms with Crippen LogP contribution in [0.4, 0.5) is 5.69 Å². The summed E-state index contributed by atoms with van der Waals surface area (Å²) >= 11 is 0. The maximum atomic E-state index is 10.9. The third-order valence-corrected chi connectivity index (χ3v) is 2.28. The molecule has 0 aliphatic heterocycles. The molecule has 0 radical (unpaired) electrons. The third-order valence-electron chi connectivity index (χ3n) is 2.28. The predicted molar refractivity (Wildman–Crippen MR) is 58.7 cm³/mol. The Kier molecular flexibility index (Phi) is 2.70. The summed E-state index contributed by atoms with van der Waals surface area (Å²) in [6, 6.07) is 8.25. The number of nitrogens with two attached hydrogens (primary N) is 1. The number of nitrogens with zero attached hydrogens (tertiary/aromatic N) is 1. The Bertz CT molecular complexity index is 506. The Morgan fingerprint density at radius 1 is 1.38 bits per heavy atom. The second kappa shape index (κ2) is 4.16. The van der Waals surface area contributed by atoms with Crippen LogP contribution in [0.3, 0.4) is 0 Å². The van der Waals surface area contributed by atoms with Crippen molar-refractivity contribution in [3.05, 3.63) is 52.3 Å². The average Bonchev–Trinajstić information content (AvgIpc) is 2.81. The highest BCUT2D eigenvalue weighted by molar-refractivity contribution is 5.69. The Hall–Kier alpha value is -2.14. The van der Waals surface area contributed by atoms with E-state index in [1.54, 1.807) is 24.3 Å². The molecule has 2 rings (SSSR count). The van der Waals surface area contributed by atoms with Crippen LogP contribution in [0, 0.1) is 10.1 Å². The van der Waals surface area contributed by atoms with Crippen LogP contribution in [0.2, 0.25) is 0 Å². The van der Waals surface area contributed by atoms with Crippen molar-refractivity contribution in [2.45, 2.75) is 6.54 Å². The largest absolute Gasteiger partial charge is 0.464 e. The molecule has 0 unspecified atom stereocenters. The summed E-state index contributed by atoms with van der Waals surface area (Å²) in [6.07, 6.45) is 1.48. The smallest absolute Gasteiger partial charge is 0.280 e. The van der Waals surface area contributed by atoms with Gasteiger partial charge in [-0.2, -0.15) is 0 Å². The first-order valence-corrected chi connectivity index (χ1v) is 4.73. The Labute approximate surface area is 91.6 Å². The molecule has 1 aromatic heterocycles. The molecule has 0 atom stereocenters. The van der Waals surface area contributed by atoms with E-state index in [1.807, 2.05) is 0 Å². The predicted octanol–water partition coefficient (Wildman–Crippen LogP) is 2.31. The molecule has 2 N–H and O–H groups in total. The minimum absolute atomic E-state index is 0.0119. The maximum absolute atomic E-state index is 10.9. The van der Waals surface area contributed by atoms with Crippen LogP contribution < -0.4 is 5.73 Å². The first-order chi connectivity index (χ1) is 7.72. The lowest BCUT2D eigenvalue weighted by Crippen LogP contribution is -1.99. The standard InChI is InChI=1S/C11H10N2O3/c12-7-8-3-4-9(10(6-8)13(14)15)11-2-1-5-16-11/h1-6H,7,12H2. The molecule has 0 saturated carbocycles. The number of benzene rings is 1. The highest BCUT2D eigenvalue weighted by Gasteiger charge is 2.17. The number of hydrogen-bond donors (Lipinski definition) is 1. The van der Waals surface area contributed by atoms with Gasteiger partial charge in [-0.25, -0.2) is 0 Å². The van der Waals surface area contributed by atoms with Gasteiger partial charge in [0.15, 0.2) is 0 Å². The lowest BCUT2D eigenvalue weighted by Gasteiger charge is -2.02. The number of nitro groups is 1. The van der Waals surface area contributed by atoms with Crippen molar-refractivity contribution < 1.29 is 9.34 Å². The van der Waals surface area contributed by atoms with E-state index in [-0.39, 0.29) is 12.2 Å². The van der Waals surface area contributed by atoms with Crippen LogP contribution >= 0.6 is 0 Å². The molecule has 1 aromatic carbocycles. The summed E-state index contributed by atoms with van der Waals surface area (Å²) < 4.78 is 5.15. The van der Waals surface area contributed by atoms with Crippen molar-refractivity contribution in [2.24, 2.45) is 5.73 Å². The SMILES string of the molecule is NCc1ccc(-c2ccco2)c([N+](=O)[O-])c1. The summed E-state index contributed by atoms with van der Waals surface area (Å²) in [6.45, 7) is 0.277. The molecular formula is C11H10N2O3. The molecule has 16 heavy (non-hydrogen) atoms. The molecule has 82 valence electrons. The van der Waals surface area contributed by atoms with Gasteiger partial charge in [0.25, 0.3) is 5.69 Å². The van der Waals surface area contributed by atoms with Crippen molar-refractivity contribution in [1.29, 1.82) is 0 Å². The van der Waals surface area contributed by atoms with Gasteiger partial charge in [0.2, 0.25) is 0 Å². The molecule has 0 saturated heterocycles. The van der Waals surface area contributed by atoms with Crippen LogP contribution in [-0.4, -0.2) is 4.92 Å². The van der Waals surface area contributed by atoms with E-state index in [2.05, 4.69) is 0 Å². The van der Waals surface area contributed by atoms with Crippen molar-refractivity contribution in [3.8, 4) is 11.3 Å². The molecule has 0 spiro atoms. The van der Waals surface area contributed by atoms with Gasteiger partial charge in [-0.05, 0) is 23.8 Å². The minimum Gasteiger partial charge on any atom is -0.464 e. The topological polar surface area (TPSA) is 82.3 Å². The molecule has 5 nitrogen and oxygen atoms in total. The number of furan rings is 1. The van der Waals surface area contributed by atoms with Crippen molar-refractivity contribution >= 4 is 5.69 Å². The number of nitro benzene ring substituents is 1. The fourth-order valence-electron chi connectivity index (χ4n) is 1.50. The summed E-state index contributed by atoms with van der Waals surface area (Å²) in [4.78, 5) is 10.5. The molecule has 0 aliphatic carbocycles. The van der Waals surface area contributed by atoms with E-state index >= 15 is 0 Å². The van der Waals surface area contributed by atoms with Gasteiger partial charge < -0.3 is 10.2 Å². The molecule has 0 aliphatic rings. The number of hydrogen-bond acceptors (Lipinski definition) is 4. The summed E-state index contributed by atoms with van der Waals surface area (Å²) in [5, 5.41) is 10.9. The second-order valence-corrected chi connectivity index (χ2v) is 3.29. The monoisotopic (exact) mass is 218 g/mol. The second-order valence-electron chi connectivity index (χ2n) is 3.29. The Morgan fingerprint density at radius 2 is 2.19 bits per heavy atom. The molecule has 1 heterocycles. The fourth-order valence-corrected chi connectivity index (χ4v) is 1.50. The van der Waals surface area contributed by atoms with Gasteiger partial charge in [0.1, 0.15) is 5.76 Å². The van der Waals surface area contributed by atoms with Crippen molar-refractivity contribution in [1.82, 2.24) is 0 Å². The van der Waals surface area contributed by atoms with E-state index in [1.165, 1.54) is 12.3 Å². The van der Waals surface area contributed by atoms with Gasteiger partial charge in [-0.3, -0.25) is 10.1 Å². The molecule has 5 heteroatoms. The van der Waals surface area contributed by atoms with Gasteiger partial charge >= 0.3 is 0 Å². The first-order valence-electron chi connectivity index (χ1n) is 4.73. The molecular weight excluding hydrogens is 208 g/mol. The van der Waals surface area contributed by atoms with Crippen molar-refractivity contribution in [2.75, 3.05) is 0 Å². The number of rotatable bonds is 3. The van der Waals surface area contributed by atoms with Crippen LogP contribution in [-0.2, 0) is 6.54 Å². The Morgan fingerprint density at radius 3 is 2.75 bits per heavy atom. The zero-order valence-electron chi connectivity index (χ0n) is 8.42. The zero-order valence-corrected chi connectivity index (χ0v) is 8.42. The van der Waals surface area contributed by atoms with Gasteiger partial charge in [-0.15, -0.1) is 0 Å². The summed E-state index contributed by atoms with van der Waals surface area (Å²) in [5.41, 5.74) is 6.64. The highest BCUT2D eigenvalue weighted by Crippen LogP contribution is 2.30. The zero-order chi connectivity index (χ0) is 11.5. The lowest BCUT2D eigenvalue weighted by molar-refractivity contribution is -0.384.